The first-order valence-electron chi connectivity index (χ1n) is 10.1. The number of allylic oxidation sites excluding steroid dienone is 2. The van der Waals surface area contributed by atoms with Gasteiger partial charge in [-0.2, -0.15) is 4.31 Å². The van der Waals surface area contributed by atoms with Gasteiger partial charge in [-0.3, -0.25) is 9.59 Å². The summed E-state index contributed by atoms with van der Waals surface area (Å²) in [4.78, 5) is 28.0. The van der Waals surface area contributed by atoms with Gasteiger partial charge in [0, 0.05) is 37.3 Å². The monoisotopic (exact) mass is 424 g/mol. The van der Waals surface area contributed by atoms with Crippen LogP contribution in [0.15, 0.2) is 59.1 Å². The highest BCUT2D eigenvalue weighted by molar-refractivity contribution is 7.94. The number of fused-ring (bicyclic) bond motifs is 2. The fourth-order valence-electron chi connectivity index (χ4n) is 4.21. The van der Waals surface area contributed by atoms with Crippen LogP contribution in [-0.2, 0) is 23.0 Å². The standard InChI is InChI=1S/C23H24N2O4S/c1-3-24(4-2)20-21(26)18-11-7-8-12-19(18)22(27)23(20)30(28,29)25-14-13-16-9-5-6-10-17(16)15-25/h5-12H,3-4,13-15H2,1-2H3. The number of hydrogen-bond donors (Lipinski definition) is 0. The molecule has 0 saturated heterocycles. The molecule has 0 unspecified atom stereocenters. The first-order chi connectivity index (χ1) is 14.4. The lowest BCUT2D eigenvalue weighted by atomic mass is 9.92. The predicted molar refractivity (Wildman–Crippen MR) is 115 cm³/mol. The van der Waals surface area contributed by atoms with Crippen molar-refractivity contribution >= 4 is 21.6 Å². The topological polar surface area (TPSA) is 74.8 Å². The van der Waals surface area contributed by atoms with Crippen molar-refractivity contribution in [3.63, 3.8) is 0 Å². The van der Waals surface area contributed by atoms with E-state index >= 15 is 0 Å². The molecule has 0 atom stereocenters. The van der Waals surface area contributed by atoms with E-state index in [0.717, 1.165) is 11.1 Å². The Labute approximate surface area is 176 Å². The van der Waals surface area contributed by atoms with Crippen LogP contribution in [0.25, 0.3) is 0 Å². The molecule has 2 aromatic carbocycles. The molecule has 0 spiro atoms. The van der Waals surface area contributed by atoms with Crippen molar-refractivity contribution in [1.29, 1.82) is 0 Å². The highest BCUT2D eigenvalue weighted by atomic mass is 32.2. The summed E-state index contributed by atoms with van der Waals surface area (Å²) in [6, 6.07) is 14.1. The molecule has 0 radical (unpaired) electrons. The number of carbonyl (C=O) groups is 2. The summed E-state index contributed by atoms with van der Waals surface area (Å²) < 4.78 is 28.8. The second-order valence-corrected chi connectivity index (χ2v) is 9.29. The molecule has 1 aliphatic carbocycles. The van der Waals surface area contributed by atoms with Crippen molar-refractivity contribution < 1.29 is 18.0 Å². The Balaban J connectivity index is 1.87. The number of benzene rings is 2. The molecule has 2 aromatic rings. The van der Waals surface area contributed by atoms with Gasteiger partial charge in [0.1, 0.15) is 5.70 Å². The number of ketones is 2. The lowest BCUT2D eigenvalue weighted by molar-refractivity contribution is 0.0948. The zero-order valence-corrected chi connectivity index (χ0v) is 17.9. The average molecular weight is 425 g/mol. The second-order valence-electron chi connectivity index (χ2n) is 7.41. The van der Waals surface area contributed by atoms with Crippen LogP contribution in [0.2, 0.25) is 0 Å². The molecule has 1 heterocycles. The molecule has 0 saturated carbocycles. The Morgan fingerprint density at radius 1 is 0.867 bits per heavy atom. The SMILES string of the molecule is CCN(CC)C1=C(S(=O)(=O)N2CCc3ccccc3C2)C(=O)c2ccccc2C1=O. The molecule has 4 rings (SSSR count). The lowest BCUT2D eigenvalue weighted by Gasteiger charge is -2.33. The van der Waals surface area contributed by atoms with E-state index in [1.165, 1.54) is 10.4 Å². The molecule has 0 fully saturated rings. The van der Waals surface area contributed by atoms with Crippen LogP contribution in [0.1, 0.15) is 45.7 Å². The van der Waals surface area contributed by atoms with Gasteiger partial charge in [-0.05, 0) is 31.4 Å². The third-order valence-corrected chi connectivity index (χ3v) is 7.71. The molecule has 1 aliphatic heterocycles. The smallest absolute Gasteiger partial charge is 0.249 e. The van der Waals surface area contributed by atoms with Crippen molar-refractivity contribution in [3.05, 3.63) is 81.4 Å². The van der Waals surface area contributed by atoms with Crippen LogP contribution in [-0.4, -0.2) is 48.8 Å². The van der Waals surface area contributed by atoms with Gasteiger partial charge in [0.2, 0.25) is 21.6 Å². The van der Waals surface area contributed by atoms with E-state index in [9.17, 15) is 18.0 Å². The normalized spacial score (nSPS) is 17.0. The van der Waals surface area contributed by atoms with Crippen LogP contribution in [0, 0.1) is 0 Å². The third-order valence-electron chi connectivity index (χ3n) is 5.83. The average Bonchev–Trinajstić information content (AvgIpc) is 2.77. The molecular weight excluding hydrogens is 400 g/mol. The van der Waals surface area contributed by atoms with Gasteiger partial charge in [-0.25, -0.2) is 8.42 Å². The molecule has 156 valence electrons. The lowest BCUT2D eigenvalue weighted by Crippen LogP contribution is -2.43. The summed E-state index contributed by atoms with van der Waals surface area (Å²) in [6.45, 7) is 5.00. The molecule has 0 amide bonds. The maximum absolute atomic E-state index is 13.7. The number of hydrogen-bond acceptors (Lipinski definition) is 5. The summed E-state index contributed by atoms with van der Waals surface area (Å²) in [5, 5.41) is 0. The molecule has 0 bridgehead atoms. The zero-order valence-electron chi connectivity index (χ0n) is 17.1. The van der Waals surface area contributed by atoms with Gasteiger partial charge in [0.25, 0.3) is 0 Å². The highest BCUT2D eigenvalue weighted by Crippen LogP contribution is 2.34. The minimum atomic E-state index is -4.17. The third kappa shape index (κ3) is 3.18. The summed E-state index contributed by atoms with van der Waals surface area (Å²) in [5.74, 6) is -1.02. The van der Waals surface area contributed by atoms with E-state index < -0.39 is 26.5 Å². The fourth-order valence-corrected chi connectivity index (χ4v) is 5.92. The number of likely N-dealkylation sites (N-methyl/N-ethyl adjacent to an activating group) is 1. The largest absolute Gasteiger partial charge is 0.368 e. The van der Waals surface area contributed by atoms with Crippen LogP contribution in [0.5, 0.6) is 0 Å². The van der Waals surface area contributed by atoms with E-state index in [1.807, 2.05) is 38.1 Å². The Bertz CT molecular complexity index is 1160. The molecule has 2 aliphatic rings. The van der Waals surface area contributed by atoms with E-state index in [0.29, 0.717) is 19.5 Å². The molecule has 6 nitrogen and oxygen atoms in total. The fraction of sp³-hybridized carbons (Fsp3) is 0.304. The quantitative estimate of drug-likeness (QED) is 0.738. The van der Waals surface area contributed by atoms with Crippen molar-refractivity contribution in [1.82, 2.24) is 9.21 Å². The van der Waals surface area contributed by atoms with Crippen LogP contribution < -0.4 is 0 Å². The van der Waals surface area contributed by atoms with E-state index in [2.05, 4.69) is 0 Å². The number of carbonyl (C=O) groups excluding carboxylic acids is 2. The van der Waals surface area contributed by atoms with Gasteiger partial charge < -0.3 is 4.90 Å². The van der Waals surface area contributed by atoms with Crippen molar-refractivity contribution in [2.45, 2.75) is 26.8 Å². The Kier molecular flexibility index (Phi) is 5.34. The number of Topliss-reactive ketones (excluding diaryl/α,β-unsaturated/α-hetero) is 2. The van der Waals surface area contributed by atoms with Crippen molar-refractivity contribution in [2.24, 2.45) is 0 Å². The summed E-state index contributed by atoms with van der Waals surface area (Å²) in [6.07, 6.45) is 0.571. The summed E-state index contributed by atoms with van der Waals surface area (Å²) >= 11 is 0. The van der Waals surface area contributed by atoms with Crippen molar-refractivity contribution in [3.8, 4) is 0 Å². The van der Waals surface area contributed by atoms with Crippen molar-refractivity contribution in [2.75, 3.05) is 19.6 Å². The van der Waals surface area contributed by atoms with Gasteiger partial charge in [0.05, 0.1) is 0 Å². The molecular formula is C23H24N2O4S. The van der Waals surface area contributed by atoms with Gasteiger partial charge >= 0.3 is 0 Å². The van der Waals surface area contributed by atoms with Crippen LogP contribution in [0.4, 0.5) is 0 Å². The Morgan fingerprint density at radius 3 is 2.07 bits per heavy atom. The van der Waals surface area contributed by atoms with Crippen LogP contribution in [0.3, 0.4) is 0 Å². The maximum atomic E-state index is 13.7. The first kappa shape index (κ1) is 20.5. The molecule has 0 aromatic heterocycles. The minimum absolute atomic E-state index is 0.0115. The Morgan fingerprint density at radius 2 is 1.43 bits per heavy atom. The summed E-state index contributed by atoms with van der Waals surface area (Å²) in [5.41, 5.74) is 2.43. The molecule has 0 N–H and O–H groups in total. The summed E-state index contributed by atoms with van der Waals surface area (Å²) in [7, 11) is -4.17. The molecule has 30 heavy (non-hydrogen) atoms. The minimum Gasteiger partial charge on any atom is -0.368 e. The first-order valence-corrected chi connectivity index (χ1v) is 11.6. The predicted octanol–water partition coefficient (Wildman–Crippen LogP) is 3.01. The number of rotatable bonds is 5. The number of sulfonamides is 1. The van der Waals surface area contributed by atoms with E-state index in [-0.39, 0.29) is 29.9 Å². The van der Waals surface area contributed by atoms with Gasteiger partial charge in [-0.1, -0.05) is 48.5 Å². The maximum Gasteiger partial charge on any atom is 0.249 e. The van der Waals surface area contributed by atoms with Crippen LogP contribution >= 0.6 is 0 Å². The van der Waals surface area contributed by atoms with E-state index in [1.54, 1.807) is 23.1 Å². The molecule has 7 heteroatoms. The zero-order chi connectivity index (χ0) is 21.5. The van der Waals surface area contributed by atoms with Gasteiger partial charge in [-0.15, -0.1) is 0 Å². The van der Waals surface area contributed by atoms with Gasteiger partial charge in [0.15, 0.2) is 4.91 Å². The highest BCUT2D eigenvalue weighted by Gasteiger charge is 2.43. The Hall–Kier alpha value is -2.77. The number of nitrogens with zero attached hydrogens (tertiary/aromatic N) is 2. The van der Waals surface area contributed by atoms with E-state index in [4.69, 9.17) is 0 Å². The second kappa shape index (κ2) is 7.81.